The first-order valence-corrected chi connectivity index (χ1v) is 17.1. The highest BCUT2D eigenvalue weighted by molar-refractivity contribution is 7.92. The van der Waals surface area contributed by atoms with Gasteiger partial charge >= 0.3 is 0 Å². The lowest BCUT2D eigenvalue weighted by Crippen LogP contribution is -2.56. The molecule has 1 N–H and O–H groups in total. The number of carbonyl (C=O) groups excluding carboxylic acids is 2. The van der Waals surface area contributed by atoms with Gasteiger partial charge in [0, 0.05) is 18.5 Å². The number of methoxy groups -OCH3 is 1. The lowest BCUT2D eigenvalue weighted by atomic mass is 10.0. The highest BCUT2D eigenvalue weighted by Gasteiger charge is 2.35. The minimum Gasteiger partial charge on any atom is -0.495 e. The summed E-state index contributed by atoms with van der Waals surface area (Å²) in [4.78, 5) is 30.2. The van der Waals surface area contributed by atoms with E-state index in [0.717, 1.165) is 26.6 Å². The van der Waals surface area contributed by atoms with Gasteiger partial charge in [-0.15, -0.1) is 0 Å². The molecule has 1 atom stereocenters. The van der Waals surface area contributed by atoms with Crippen molar-refractivity contribution in [2.24, 2.45) is 0 Å². The number of ether oxygens (including phenoxy) is 1. The van der Waals surface area contributed by atoms with Crippen molar-refractivity contribution in [2.45, 2.75) is 64.1 Å². The summed E-state index contributed by atoms with van der Waals surface area (Å²) in [5.74, 6) is -0.542. The Morgan fingerprint density at radius 1 is 0.851 bits per heavy atom. The summed E-state index contributed by atoms with van der Waals surface area (Å²) in [6.45, 7) is 8.93. The molecule has 4 aromatic rings. The second kappa shape index (κ2) is 15.0. The molecule has 1 unspecified atom stereocenters. The molecule has 0 saturated carbocycles. The average molecular weight is 676 g/mol. The van der Waals surface area contributed by atoms with E-state index >= 15 is 0 Å². The molecule has 47 heavy (non-hydrogen) atoms. The van der Waals surface area contributed by atoms with E-state index in [1.54, 1.807) is 24.3 Å². The Balaban J connectivity index is 1.84. The number of amides is 2. The summed E-state index contributed by atoms with van der Waals surface area (Å²) in [6, 6.07) is 27.1. The van der Waals surface area contributed by atoms with Crippen LogP contribution in [0.4, 0.5) is 5.69 Å². The number of aryl methyl sites for hydroxylation is 2. The Morgan fingerprint density at radius 3 is 2.11 bits per heavy atom. The van der Waals surface area contributed by atoms with E-state index in [4.69, 9.17) is 16.3 Å². The van der Waals surface area contributed by atoms with Crippen LogP contribution < -0.4 is 14.4 Å². The van der Waals surface area contributed by atoms with Crippen LogP contribution in [0.1, 0.15) is 43.0 Å². The number of sulfonamides is 1. The monoisotopic (exact) mass is 675 g/mol. The highest BCUT2D eigenvalue weighted by Crippen LogP contribution is 2.32. The fourth-order valence-corrected chi connectivity index (χ4v) is 6.85. The fourth-order valence-electron chi connectivity index (χ4n) is 5.19. The number of anilines is 1. The number of benzene rings is 4. The zero-order valence-electron chi connectivity index (χ0n) is 27.7. The molecule has 0 aliphatic rings. The van der Waals surface area contributed by atoms with Crippen molar-refractivity contribution in [1.29, 1.82) is 0 Å². The van der Waals surface area contributed by atoms with Crippen LogP contribution in [0.25, 0.3) is 0 Å². The van der Waals surface area contributed by atoms with Crippen LogP contribution in [0.3, 0.4) is 0 Å². The van der Waals surface area contributed by atoms with Crippen LogP contribution in [0.15, 0.2) is 102 Å². The molecule has 248 valence electrons. The van der Waals surface area contributed by atoms with Crippen LogP contribution in [-0.2, 0) is 32.6 Å². The largest absolute Gasteiger partial charge is 0.495 e. The maximum absolute atomic E-state index is 14.6. The van der Waals surface area contributed by atoms with Crippen molar-refractivity contribution in [3.63, 3.8) is 0 Å². The Hall–Kier alpha value is -4.34. The summed E-state index contributed by atoms with van der Waals surface area (Å²) < 4.78 is 34.8. The fraction of sp³-hybridized carbons (Fsp3) is 0.297. The van der Waals surface area contributed by atoms with Gasteiger partial charge in [-0.05, 0) is 76.1 Å². The Labute approximate surface area is 283 Å². The molecule has 0 bridgehead atoms. The summed E-state index contributed by atoms with van der Waals surface area (Å²) in [6.07, 6.45) is 0.222. The van der Waals surface area contributed by atoms with Crippen LogP contribution in [0, 0.1) is 13.8 Å². The molecular weight excluding hydrogens is 634 g/mol. The minimum atomic E-state index is -4.26. The first kappa shape index (κ1) is 35.5. The Bertz CT molecular complexity index is 1810. The van der Waals surface area contributed by atoms with Gasteiger partial charge < -0.3 is 15.0 Å². The molecular formula is C37H42ClN3O5S. The standard InChI is InChI=1S/C37H42ClN3O5S/c1-26-15-18-31(19-16-26)47(44,45)41(30-17-20-34(46-6)32(38)23-30)25-35(42)40(24-29-14-10-11-27(2)21-29)33(36(43)39-37(3,4)5)22-28-12-8-7-9-13-28/h7-21,23,33H,22,24-25H2,1-6H3,(H,39,43). The molecule has 0 aliphatic carbocycles. The van der Waals surface area contributed by atoms with Crippen LogP contribution in [-0.4, -0.2) is 50.4 Å². The number of nitrogens with zero attached hydrogens (tertiary/aromatic N) is 2. The first-order valence-electron chi connectivity index (χ1n) is 15.3. The van der Waals surface area contributed by atoms with E-state index in [0.29, 0.717) is 5.75 Å². The van der Waals surface area contributed by atoms with E-state index in [9.17, 15) is 18.0 Å². The molecule has 4 aromatic carbocycles. The SMILES string of the molecule is COc1ccc(N(CC(=O)N(Cc2cccc(C)c2)C(Cc2ccccc2)C(=O)NC(C)(C)C)S(=O)(=O)c2ccc(C)cc2)cc1Cl. The van der Waals surface area contributed by atoms with E-state index in [2.05, 4.69) is 5.32 Å². The Kier molecular flexibility index (Phi) is 11.4. The molecule has 0 heterocycles. The van der Waals surface area contributed by atoms with E-state index < -0.39 is 34.1 Å². The van der Waals surface area contributed by atoms with Crippen LogP contribution in [0.5, 0.6) is 5.75 Å². The van der Waals surface area contributed by atoms with E-state index in [1.807, 2.05) is 89.2 Å². The van der Waals surface area contributed by atoms with Gasteiger partial charge in [-0.3, -0.25) is 13.9 Å². The van der Waals surface area contributed by atoms with Gasteiger partial charge in [0.05, 0.1) is 22.7 Å². The zero-order valence-corrected chi connectivity index (χ0v) is 29.2. The van der Waals surface area contributed by atoms with Gasteiger partial charge in [0.2, 0.25) is 11.8 Å². The third-order valence-electron chi connectivity index (χ3n) is 7.52. The summed E-state index contributed by atoms with van der Waals surface area (Å²) in [5, 5.41) is 3.23. The van der Waals surface area contributed by atoms with Crippen molar-refractivity contribution < 1.29 is 22.7 Å². The van der Waals surface area contributed by atoms with Gasteiger partial charge in [0.1, 0.15) is 18.3 Å². The molecule has 10 heteroatoms. The summed E-state index contributed by atoms with van der Waals surface area (Å²) in [7, 11) is -2.80. The molecule has 0 aromatic heterocycles. The number of nitrogens with one attached hydrogen (secondary N) is 1. The molecule has 0 spiro atoms. The maximum atomic E-state index is 14.6. The minimum absolute atomic E-state index is 0.0133. The number of rotatable bonds is 12. The van der Waals surface area contributed by atoms with Gasteiger partial charge in [-0.2, -0.15) is 0 Å². The normalized spacial score (nSPS) is 12.2. The third kappa shape index (κ3) is 9.36. The summed E-state index contributed by atoms with van der Waals surface area (Å²) in [5.41, 5.74) is 3.14. The number of hydrogen-bond donors (Lipinski definition) is 1. The quantitative estimate of drug-likeness (QED) is 0.180. The van der Waals surface area contributed by atoms with E-state index in [-0.39, 0.29) is 34.5 Å². The van der Waals surface area contributed by atoms with Crippen molar-refractivity contribution in [3.8, 4) is 5.75 Å². The third-order valence-corrected chi connectivity index (χ3v) is 9.60. The Morgan fingerprint density at radius 2 is 1.51 bits per heavy atom. The molecule has 8 nitrogen and oxygen atoms in total. The maximum Gasteiger partial charge on any atom is 0.264 e. The topological polar surface area (TPSA) is 96.0 Å². The smallest absolute Gasteiger partial charge is 0.264 e. The molecule has 0 fully saturated rings. The van der Waals surface area contributed by atoms with Gasteiger partial charge in [-0.1, -0.05) is 89.5 Å². The lowest BCUT2D eigenvalue weighted by Gasteiger charge is -2.35. The number of hydrogen-bond acceptors (Lipinski definition) is 5. The lowest BCUT2D eigenvalue weighted by molar-refractivity contribution is -0.140. The van der Waals surface area contributed by atoms with Crippen LogP contribution in [0.2, 0.25) is 5.02 Å². The molecule has 4 rings (SSSR count). The first-order chi connectivity index (χ1) is 22.2. The molecule has 2 amide bonds. The average Bonchev–Trinajstić information content (AvgIpc) is 3.01. The van der Waals surface area contributed by atoms with Crippen molar-refractivity contribution >= 4 is 39.1 Å². The molecule has 0 aliphatic heterocycles. The van der Waals surface area contributed by atoms with Gasteiger partial charge in [0.25, 0.3) is 10.0 Å². The number of carbonyl (C=O) groups is 2. The predicted molar refractivity (Wildman–Crippen MR) is 187 cm³/mol. The number of halogens is 1. The zero-order chi connectivity index (χ0) is 34.4. The summed E-state index contributed by atoms with van der Waals surface area (Å²) >= 11 is 6.46. The van der Waals surface area contributed by atoms with E-state index in [1.165, 1.54) is 30.2 Å². The highest BCUT2D eigenvalue weighted by atomic mass is 35.5. The van der Waals surface area contributed by atoms with Gasteiger partial charge in [0.15, 0.2) is 0 Å². The van der Waals surface area contributed by atoms with Crippen molar-refractivity contribution in [2.75, 3.05) is 18.0 Å². The molecule has 0 radical (unpaired) electrons. The van der Waals surface area contributed by atoms with Gasteiger partial charge in [-0.25, -0.2) is 8.42 Å². The van der Waals surface area contributed by atoms with Crippen molar-refractivity contribution in [1.82, 2.24) is 10.2 Å². The second-order valence-electron chi connectivity index (χ2n) is 12.6. The molecule has 0 saturated heterocycles. The predicted octanol–water partition coefficient (Wildman–Crippen LogP) is 6.72. The second-order valence-corrected chi connectivity index (χ2v) is 14.9. The van der Waals surface area contributed by atoms with Crippen molar-refractivity contribution in [3.05, 3.63) is 124 Å². The van der Waals surface area contributed by atoms with Crippen LogP contribution >= 0.6 is 11.6 Å².